The lowest BCUT2D eigenvalue weighted by Crippen LogP contribution is -2.16. The van der Waals surface area contributed by atoms with Crippen LogP contribution in [-0.2, 0) is 10.0 Å². The number of rotatable bonds is 6. The average molecular weight is 395 g/mol. The summed E-state index contributed by atoms with van der Waals surface area (Å²) in [7, 11) is -3.89. The first-order chi connectivity index (χ1) is 13.4. The van der Waals surface area contributed by atoms with Gasteiger partial charge in [-0.25, -0.2) is 8.42 Å². The summed E-state index contributed by atoms with van der Waals surface area (Å²) in [6.07, 6.45) is 1.51. The molecule has 2 N–H and O–H groups in total. The van der Waals surface area contributed by atoms with Gasteiger partial charge in [-0.2, -0.15) is 0 Å². The third-order valence-corrected chi connectivity index (χ3v) is 5.25. The summed E-state index contributed by atoms with van der Waals surface area (Å²) < 4.78 is 27.6. The zero-order chi connectivity index (χ0) is 20.1. The minimum absolute atomic E-state index is 0.00156. The molecule has 1 aromatic heterocycles. The largest absolute Gasteiger partial charge is 0.321 e. The molecule has 3 rings (SSSR count). The second kappa shape index (κ2) is 8.01. The second-order valence-corrected chi connectivity index (χ2v) is 7.58. The van der Waals surface area contributed by atoms with E-state index in [-0.39, 0.29) is 27.6 Å². The van der Waals surface area contributed by atoms with Gasteiger partial charge in [-0.15, -0.1) is 0 Å². The quantitative estimate of drug-likeness (QED) is 0.623. The van der Waals surface area contributed by atoms with Crippen LogP contribution in [0.5, 0.6) is 0 Å². The molecule has 0 saturated heterocycles. The molecule has 8 heteroatoms. The molecular weight excluding hydrogens is 378 g/mol. The number of amides is 1. The van der Waals surface area contributed by atoms with Crippen LogP contribution in [0.4, 0.5) is 11.4 Å². The Morgan fingerprint density at radius 1 is 0.893 bits per heavy atom. The van der Waals surface area contributed by atoms with Crippen molar-refractivity contribution < 1.29 is 18.0 Å². The van der Waals surface area contributed by atoms with Crippen molar-refractivity contribution in [3.8, 4) is 0 Å². The van der Waals surface area contributed by atoms with Crippen molar-refractivity contribution in [2.75, 3.05) is 10.0 Å². The molecule has 0 aliphatic carbocycles. The van der Waals surface area contributed by atoms with Crippen molar-refractivity contribution in [2.24, 2.45) is 0 Å². The van der Waals surface area contributed by atoms with Gasteiger partial charge in [0.15, 0.2) is 5.78 Å². The molecule has 0 radical (unpaired) electrons. The molecule has 0 bridgehead atoms. The maximum atomic E-state index is 12.6. The highest BCUT2D eigenvalue weighted by Gasteiger charge is 2.17. The predicted molar refractivity (Wildman–Crippen MR) is 106 cm³/mol. The molecule has 0 atom stereocenters. The first-order valence-electron chi connectivity index (χ1n) is 8.32. The summed E-state index contributed by atoms with van der Waals surface area (Å²) in [6.45, 7) is 1.37. The number of nitrogens with zero attached hydrogens (tertiary/aromatic N) is 1. The fourth-order valence-electron chi connectivity index (χ4n) is 2.49. The zero-order valence-electron chi connectivity index (χ0n) is 14.9. The van der Waals surface area contributed by atoms with E-state index in [1.54, 1.807) is 36.4 Å². The average Bonchev–Trinajstić information content (AvgIpc) is 2.69. The predicted octanol–water partition coefficient (Wildman–Crippen LogP) is 3.34. The monoisotopic (exact) mass is 395 g/mol. The summed E-state index contributed by atoms with van der Waals surface area (Å²) >= 11 is 0. The maximum absolute atomic E-state index is 12.6. The topological polar surface area (TPSA) is 105 Å². The molecule has 142 valence electrons. The molecule has 0 aliphatic rings. The number of para-hydroxylation sites is 1. The number of anilines is 2. The summed E-state index contributed by atoms with van der Waals surface area (Å²) in [4.78, 5) is 27.7. The van der Waals surface area contributed by atoms with Gasteiger partial charge in [-0.3, -0.25) is 19.3 Å². The van der Waals surface area contributed by atoms with Gasteiger partial charge in [0.05, 0.1) is 10.6 Å². The van der Waals surface area contributed by atoms with Crippen molar-refractivity contribution in [3.05, 3.63) is 84.2 Å². The Morgan fingerprint density at radius 3 is 2.21 bits per heavy atom. The molecule has 0 spiro atoms. The van der Waals surface area contributed by atoms with Gasteiger partial charge in [-0.05, 0) is 55.5 Å². The van der Waals surface area contributed by atoms with E-state index in [4.69, 9.17) is 0 Å². The van der Waals surface area contributed by atoms with Gasteiger partial charge >= 0.3 is 0 Å². The molecule has 0 unspecified atom stereocenters. The van der Waals surface area contributed by atoms with E-state index in [0.29, 0.717) is 5.69 Å². The summed E-state index contributed by atoms with van der Waals surface area (Å²) in [5.41, 5.74) is 1.17. The third kappa shape index (κ3) is 4.41. The Balaban J connectivity index is 1.77. The number of Topliss-reactive ketones (excluding diaryl/α,β-unsaturated/α-hetero) is 1. The van der Waals surface area contributed by atoms with Crippen LogP contribution in [0.15, 0.2) is 77.8 Å². The zero-order valence-corrected chi connectivity index (χ0v) is 15.7. The normalized spacial score (nSPS) is 10.9. The van der Waals surface area contributed by atoms with Crippen LogP contribution >= 0.6 is 0 Å². The van der Waals surface area contributed by atoms with Crippen molar-refractivity contribution in [3.63, 3.8) is 0 Å². The van der Waals surface area contributed by atoms with Crippen LogP contribution in [0.25, 0.3) is 0 Å². The number of hydrogen-bond donors (Lipinski definition) is 2. The summed E-state index contributed by atoms with van der Waals surface area (Å²) in [5.74, 6) is -0.643. The third-order valence-electron chi connectivity index (χ3n) is 3.87. The fourth-order valence-corrected chi connectivity index (χ4v) is 3.57. The van der Waals surface area contributed by atoms with Gasteiger partial charge in [0.1, 0.15) is 5.69 Å². The second-order valence-electron chi connectivity index (χ2n) is 5.90. The van der Waals surface area contributed by atoms with Crippen LogP contribution < -0.4 is 10.0 Å². The maximum Gasteiger partial charge on any atom is 0.274 e. The first kappa shape index (κ1) is 19.2. The van der Waals surface area contributed by atoms with E-state index in [2.05, 4.69) is 15.0 Å². The number of hydrogen-bond acceptors (Lipinski definition) is 5. The Bertz CT molecular complexity index is 1110. The molecule has 2 aromatic carbocycles. The minimum Gasteiger partial charge on any atom is -0.321 e. The number of nitrogens with one attached hydrogen (secondary N) is 2. The molecule has 3 aromatic rings. The number of carbonyl (C=O) groups excluding carboxylic acids is 2. The Hall–Kier alpha value is -3.52. The first-order valence-corrected chi connectivity index (χ1v) is 9.80. The van der Waals surface area contributed by atoms with Crippen molar-refractivity contribution in [1.82, 2.24) is 4.98 Å². The van der Waals surface area contributed by atoms with Gasteiger partial charge in [0.2, 0.25) is 0 Å². The van der Waals surface area contributed by atoms with Gasteiger partial charge in [0.25, 0.3) is 15.9 Å². The standard InChI is InChI=1S/C20H17N3O4S/c1-14(24)17-6-2-3-7-18(17)23-28(26,27)16-11-9-15(10-12-16)22-20(25)19-8-4-5-13-21-19/h2-13,23H,1H3,(H,22,25). The van der Waals surface area contributed by atoms with E-state index in [0.717, 1.165) is 0 Å². The lowest BCUT2D eigenvalue weighted by Gasteiger charge is -2.11. The molecule has 0 saturated carbocycles. The van der Waals surface area contributed by atoms with E-state index < -0.39 is 15.9 Å². The number of carbonyl (C=O) groups is 2. The van der Waals surface area contributed by atoms with Gasteiger partial charge in [-0.1, -0.05) is 18.2 Å². The van der Waals surface area contributed by atoms with Crippen LogP contribution in [0.1, 0.15) is 27.8 Å². The van der Waals surface area contributed by atoms with Crippen molar-refractivity contribution in [1.29, 1.82) is 0 Å². The minimum atomic E-state index is -3.89. The number of ketones is 1. The fraction of sp³-hybridized carbons (Fsp3) is 0.0500. The smallest absolute Gasteiger partial charge is 0.274 e. The summed E-state index contributed by atoms with van der Waals surface area (Å²) in [5, 5.41) is 2.65. The lowest BCUT2D eigenvalue weighted by molar-refractivity contribution is 0.101. The van der Waals surface area contributed by atoms with Crippen LogP contribution in [0.3, 0.4) is 0 Å². The molecule has 1 heterocycles. The lowest BCUT2D eigenvalue weighted by atomic mass is 10.1. The Morgan fingerprint density at radius 2 is 1.57 bits per heavy atom. The molecule has 0 fully saturated rings. The van der Waals surface area contributed by atoms with E-state index >= 15 is 0 Å². The van der Waals surface area contributed by atoms with Gasteiger partial charge < -0.3 is 5.32 Å². The van der Waals surface area contributed by atoms with Crippen LogP contribution in [0, 0.1) is 0 Å². The number of aromatic nitrogens is 1. The van der Waals surface area contributed by atoms with Crippen molar-refractivity contribution >= 4 is 33.1 Å². The number of pyridine rings is 1. The molecule has 28 heavy (non-hydrogen) atoms. The summed E-state index contributed by atoms with van der Waals surface area (Å²) in [6, 6.07) is 17.0. The molecule has 7 nitrogen and oxygen atoms in total. The number of benzene rings is 2. The van der Waals surface area contributed by atoms with E-state index in [1.807, 2.05) is 0 Å². The Kier molecular flexibility index (Phi) is 5.51. The van der Waals surface area contributed by atoms with Crippen LogP contribution in [0.2, 0.25) is 0 Å². The highest BCUT2D eigenvalue weighted by molar-refractivity contribution is 7.92. The Labute approximate surface area is 162 Å². The highest BCUT2D eigenvalue weighted by Crippen LogP contribution is 2.21. The molecule has 1 amide bonds. The van der Waals surface area contributed by atoms with Gasteiger partial charge in [0, 0.05) is 17.4 Å². The van der Waals surface area contributed by atoms with E-state index in [1.165, 1.54) is 43.5 Å². The van der Waals surface area contributed by atoms with Crippen LogP contribution in [-0.4, -0.2) is 25.1 Å². The SMILES string of the molecule is CC(=O)c1ccccc1NS(=O)(=O)c1ccc(NC(=O)c2ccccn2)cc1. The number of sulfonamides is 1. The molecule has 0 aliphatic heterocycles. The van der Waals surface area contributed by atoms with Crippen molar-refractivity contribution in [2.45, 2.75) is 11.8 Å². The van der Waals surface area contributed by atoms with E-state index in [9.17, 15) is 18.0 Å². The molecular formula is C20H17N3O4S. The highest BCUT2D eigenvalue weighted by atomic mass is 32.2.